The summed E-state index contributed by atoms with van der Waals surface area (Å²) in [6.07, 6.45) is 0. The summed E-state index contributed by atoms with van der Waals surface area (Å²) in [6.45, 7) is 0. The van der Waals surface area contributed by atoms with Crippen LogP contribution < -0.4 is 4.74 Å². The number of carbonyl (C=O) groups is 1. The van der Waals surface area contributed by atoms with Crippen LogP contribution in [0.2, 0.25) is 0 Å². The summed E-state index contributed by atoms with van der Waals surface area (Å²) >= 11 is 8.49. The van der Waals surface area contributed by atoms with Crippen LogP contribution in [0.15, 0.2) is 24.3 Å². The number of methoxy groups -OCH3 is 1. The molecule has 0 aliphatic heterocycles. The third kappa shape index (κ3) is 2.71. The number of hydrogen-bond acceptors (Lipinski definition) is 2. The predicted octanol–water partition coefficient (Wildman–Crippen LogP) is 2.90. The molecule has 0 spiro atoms. The molecule has 4 heteroatoms. The summed E-state index contributed by atoms with van der Waals surface area (Å²) in [7, 11) is 1.59. The predicted molar refractivity (Wildman–Crippen MR) is 55.5 cm³/mol. The normalized spacial score (nSPS) is 12.2. The molecule has 0 aliphatic carbocycles. The number of halogens is 2. The van der Waals surface area contributed by atoms with Crippen molar-refractivity contribution in [2.45, 2.75) is 4.83 Å². The van der Waals surface area contributed by atoms with E-state index >= 15 is 0 Å². The topological polar surface area (TPSA) is 26.3 Å². The van der Waals surface area contributed by atoms with Crippen molar-refractivity contribution in [2.24, 2.45) is 0 Å². The van der Waals surface area contributed by atoms with Gasteiger partial charge < -0.3 is 4.74 Å². The molecule has 13 heavy (non-hydrogen) atoms. The lowest BCUT2D eigenvalue weighted by molar-refractivity contribution is -0.111. The van der Waals surface area contributed by atoms with Crippen molar-refractivity contribution < 1.29 is 9.53 Å². The zero-order valence-corrected chi connectivity index (χ0v) is 9.30. The van der Waals surface area contributed by atoms with Gasteiger partial charge in [0.15, 0.2) is 0 Å². The molecule has 0 bridgehead atoms. The molecule has 0 aromatic heterocycles. The monoisotopic (exact) mass is 262 g/mol. The van der Waals surface area contributed by atoms with Crippen LogP contribution in [0.4, 0.5) is 0 Å². The van der Waals surface area contributed by atoms with Crippen molar-refractivity contribution in [1.29, 1.82) is 0 Å². The quantitative estimate of drug-likeness (QED) is 0.619. The highest BCUT2D eigenvalue weighted by Gasteiger charge is 2.13. The lowest BCUT2D eigenvalue weighted by atomic mass is 10.1. The minimum absolute atomic E-state index is 0.426. The fourth-order valence-corrected chi connectivity index (χ4v) is 1.34. The van der Waals surface area contributed by atoms with E-state index in [-0.39, 0.29) is 0 Å². The second-order valence-corrected chi connectivity index (χ2v) is 3.73. The Morgan fingerprint density at radius 2 is 2.00 bits per heavy atom. The molecule has 1 aromatic rings. The largest absolute Gasteiger partial charge is 0.497 e. The molecule has 1 atom stereocenters. The Kier molecular flexibility index (Phi) is 3.75. The Hall–Kier alpha value is -0.540. The average molecular weight is 264 g/mol. The molecule has 0 amide bonds. The second-order valence-electron chi connectivity index (χ2n) is 2.44. The Morgan fingerprint density at radius 3 is 2.38 bits per heavy atom. The van der Waals surface area contributed by atoms with E-state index < -0.39 is 10.1 Å². The molecular formula is C9H8BrClO2. The molecular weight excluding hydrogens is 255 g/mol. The Bertz CT molecular complexity index is 297. The molecule has 1 aromatic carbocycles. The molecule has 1 rings (SSSR count). The Labute approximate surface area is 90.0 Å². The molecule has 0 saturated carbocycles. The molecule has 0 radical (unpaired) electrons. The number of hydrogen-bond donors (Lipinski definition) is 0. The van der Waals surface area contributed by atoms with Crippen LogP contribution in [0.5, 0.6) is 5.75 Å². The standard InChI is InChI=1S/C9H8BrClO2/c1-13-7-4-2-6(3-5-7)8(10)9(11)12/h2-5,8H,1H3. The summed E-state index contributed by atoms with van der Waals surface area (Å²) in [4.78, 5) is 10.3. The van der Waals surface area contributed by atoms with E-state index in [0.29, 0.717) is 0 Å². The molecule has 70 valence electrons. The van der Waals surface area contributed by atoms with Crippen LogP contribution in [0, 0.1) is 0 Å². The summed E-state index contributed by atoms with van der Waals surface area (Å²) in [5, 5.41) is -0.426. The van der Waals surface area contributed by atoms with E-state index in [1.165, 1.54) is 0 Å². The average Bonchev–Trinajstić information content (AvgIpc) is 2.17. The minimum Gasteiger partial charge on any atom is -0.497 e. The number of rotatable bonds is 3. The van der Waals surface area contributed by atoms with Crippen molar-refractivity contribution in [3.8, 4) is 5.75 Å². The first-order chi connectivity index (χ1) is 6.15. The number of benzene rings is 1. The number of alkyl halides is 1. The molecule has 2 nitrogen and oxygen atoms in total. The molecule has 0 fully saturated rings. The van der Waals surface area contributed by atoms with Crippen molar-refractivity contribution >= 4 is 32.8 Å². The van der Waals surface area contributed by atoms with Crippen LogP contribution in [-0.2, 0) is 4.79 Å². The highest BCUT2D eigenvalue weighted by molar-refractivity contribution is 9.09. The van der Waals surface area contributed by atoms with Gasteiger partial charge in [0.2, 0.25) is 5.24 Å². The maximum Gasteiger partial charge on any atom is 0.239 e. The van der Waals surface area contributed by atoms with Crippen LogP contribution in [-0.4, -0.2) is 12.4 Å². The van der Waals surface area contributed by atoms with Crippen LogP contribution >= 0.6 is 27.5 Å². The lowest BCUT2D eigenvalue weighted by Gasteiger charge is -2.05. The lowest BCUT2D eigenvalue weighted by Crippen LogP contribution is -1.97. The van der Waals surface area contributed by atoms with E-state index in [0.717, 1.165) is 11.3 Å². The van der Waals surface area contributed by atoms with Gasteiger partial charge in [-0.15, -0.1) is 0 Å². The van der Waals surface area contributed by atoms with Crippen molar-refractivity contribution in [2.75, 3.05) is 7.11 Å². The Morgan fingerprint density at radius 1 is 1.46 bits per heavy atom. The fraction of sp³-hybridized carbons (Fsp3) is 0.222. The van der Waals surface area contributed by atoms with Gasteiger partial charge >= 0.3 is 0 Å². The highest BCUT2D eigenvalue weighted by atomic mass is 79.9. The second kappa shape index (κ2) is 4.63. The van der Waals surface area contributed by atoms with Gasteiger partial charge in [-0.2, -0.15) is 0 Å². The maximum absolute atomic E-state index is 10.8. The first kappa shape index (κ1) is 10.5. The third-order valence-electron chi connectivity index (χ3n) is 1.61. The first-order valence-corrected chi connectivity index (χ1v) is 4.92. The maximum atomic E-state index is 10.8. The van der Waals surface area contributed by atoms with Crippen molar-refractivity contribution in [1.82, 2.24) is 0 Å². The van der Waals surface area contributed by atoms with Gasteiger partial charge in [0.05, 0.1) is 7.11 Å². The van der Waals surface area contributed by atoms with E-state index in [1.807, 2.05) is 0 Å². The van der Waals surface area contributed by atoms with Crippen LogP contribution in [0.1, 0.15) is 10.4 Å². The SMILES string of the molecule is COc1ccc(C(Br)C(=O)Cl)cc1. The fourth-order valence-electron chi connectivity index (χ4n) is 0.904. The number of carbonyl (C=O) groups excluding carboxylic acids is 1. The number of ether oxygens (including phenoxy) is 1. The molecule has 0 aliphatic rings. The summed E-state index contributed by atoms with van der Waals surface area (Å²) < 4.78 is 4.98. The first-order valence-electron chi connectivity index (χ1n) is 3.62. The summed E-state index contributed by atoms with van der Waals surface area (Å²) in [6, 6.07) is 7.14. The van der Waals surface area contributed by atoms with Gasteiger partial charge in [-0.05, 0) is 29.3 Å². The van der Waals surface area contributed by atoms with Gasteiger partial charge in [-0.25, -0.2) is 0 Å². The van der Waals surface area contributed by atoms with Gasteiger partial charge in [-0.3, -0.25) is 4.79 Å². The molecule has 0 N–H and O–H groups in total. The van der Waals surface area contributed by atoms with Crippen molar-refractivity contribution in [3.63, 3.8) is 0 Å². The van der Waals surface area contributed by atoms with Crippen molar-refractivity contribution in [3.05, 3.63) is 29.8 Å². The molecule has 1 unspecified atom stereocenters. The van der Waals surface area contributed by atoms with E-state index in [4.69, 9.17) is 16.3 Å². The van der Waals surface area contributed by atoms with E-state index in [9.17, 15) is 4.79 Å². The smallest absolute Gasteiger partial charge is 0.239 e. The van der Waals surface area contributed by atoms with Crippen LogP contribution in [0.25, 0.3) is 0 Å². The van der Waals surface area contributed by atoms with Gasteiger partial charge in [0.25, 0.3) is 0 Å². The van der Waals surface area contributed by atoms with E-state index in [2.05, 4.69) is 15.9 Å². The molecule has 0 saturated heterocycles. The zero-order valence-electron chi connectivity index (χ0n) is 6.96. The minimum atomic E-state index is -0.444. The molecule has 0 heterocycles. The zero-order chi connectivity index (χ0) is 9.84. The van der Waals surface area contributed by atoms with E-state index in [1.54, 1.807) is 31.4 Å². The summed E-state index contributed by atoms with van der Waals surface area (Å²) in [5.41, 5.74) is 0.820. The van der Waals surface area contributed by atoms with Gasteiger partial charge in [-0.1, -0.05) is 28.1 Å². The van der Waals surface area contributed by atoms with Gasteiger partial charge in [0.1, 0.15) is 10.6 Å². The Balaban J connectivity index is 2.85. The highest BCUT2D eigenvalue weighted by Crippen LogP contribution is 2.26. The van der Waals surface area contributed by atoms with Gasteiger partial charge in [0, 0.05) is 0 Å². The third-order valence-corrected chi connectivity index (χ3v) is 3.03. The summed E-state index contributed by atoms with van der Waals surface area (Å²) in [5.74, 6) is 0.755. The van der Waals surface area contributed by atoms with Crippen LogP contribution in [0.3, 0.4) is 0 Å².